The molecule has 1 fully saturated rings. The van der Waals surface area contributed by atoms with Crippen molar-refractivity contribution in [3.05, 3.63) is 35.1 Å². The minimum atomic E-state index is -0.145. The third-order valence-corrected chi connectivity index (χ3v) is 2.74. The molecule has 0 saturated heterocycles. The summed E-state index contributed by atoms with van der Waals surface area (Å²) in [7, 11) is 0. The molecule has 1 aliphatic rings. The van der Waals surface area contributed by atoms with Gasteiger partial charge in [-0.2, -0.15) is 0 Å². The zero-order valence-corrected chi connectivity index (χ0v) is 9.72. The van der Waals surface area contributed by atoms with Crippen LogP contribution in [0.5, 0.6) is 0 Å². The van der Waals surface area contributed by atoms with E-state index in [1.807, 2.05) is 13.0 Å². The molecule has 0 aliphatic heterocycles. The number of nitrogens with one attached hydrogen (secondary N) is 2. The van der Waals surface area contributed by atoms with Gasteiger partial charge in [0.1, 0.15) is 5.82 Å². The fourth-order valence-corrected chi connectivity index (χ4v) is 1.80. The Labute approximate surface area is 96.2 Å². The van der Waals surface area contributed by atoms with Crippen molar-refractivity contribution in [3.63, 3.8) is 0 Å². The second kappa shape index (κ2) is 5.41. The fraction of sp³-hybridized carbons (Fsp3) is 0.538. The minimum absolute atomic E-state index is 0.145. The van der Waals surface area contributed by atoms with Crippen LogP contribution in [0, 0.1) is 12.7 Å². The van der Waals surface area contributed by atoms with E-state index in [4.69, 9.17) is 0 Å². The van der Waals surface area contributed by atoms with E-state index in [0.717, 1.165) is 36.8 Å². The molecular formula is C13H19FN2. The van der Waals surface area contributed by atoms with Crippen LogP contribution in [0.4, 0.5) is 4.39 Å². The highest BCUT2D eigenvalue weighted by Gasteiger charge is 2.19. The molecule has 0 bridgehead atoms. The summed E-state index contributed by atoms with van der Waals surface area (Å²) in [5.74, 6) is -0.145. The van der Waals surface area contributed by atoms with Crippen LogP contribution in [0.3, 0.4) is 0 Å². The lowest BCUT2D eigenvalue weighted by Gasteiger charge is -2.06. The van der Waals surface area contributed by atoms with E-state index in [0.29, 0.717) is 0 Å². The summed E-state index contributed by atoms with van der Waals surface area (Å²) in [5.41, 5.74) is 2.00. The molecule has 0 atom stereocenters. The summed E-state index contributed by atoms with van der Waals surface area (Å²) in [6.45, 7) is 4.59. The Morgan fingerprint density at radius 3 is 2.75 bits per heavy atom. The molecule has 0 aromatic heterocycles. The summed E-state index contributed by atoms with van der Waals surface area (Å²) in [4.78, 5) is 0. The van der Waals surface area contributed by atoms with Crippen LogP contribution in [0.2, 0.25) is 0 Å². The summed E-state index contributed by atoms with van der Waals surface area (Å²) >= 11 is 0. The van der Waals surface area contributed by atoms with Crippen molar-refractivity contribution in [3.8, 4) is 0 Å². The molecular weight excluding hydrogens is 203 g/mol. The third-order valence-electron chi connectivity index (χ3n) is 2.74. The Morgan fingerprint density at radius 1 is 1.25 bits per heavy atom. The Kier molecular flexibility index (Phi) is 3.91. The van der Waals surface area contributed by atoms with Gasteiger partial charge in [-0.15, -0.1) is 0 Å². The highest BCUT2D eigenvalue weighted by Crippen LogP contribution is 2.17. The predicted molar refractivity (Wildman–Crippen MR) is 63.9 cm³/mol. The maximum atomic E-state index is 13.1. The molecule has 1 saturated carbocycles. The van der Waals surface area contributed by atoms with Gasteiger partial charge in [-0.05, 0) is 43.0 Å². The largest absolute Gasteiger partial charge is 0.313 e. The molecule has 2 rings (SSSR count). The van der Waals surface area contributed by atoms with E-state index in [1.54, 1.807) is 12.1 Å². The van der Waals surface area contributed by atoms with Crippen LogP contribution in [0.1, 0.15) is 24.0 Å². The van der Waals surface area contributed by atoms with Gasteiger partial charge < -0.3 is 10.6 Å². The Bertz CT molecular complexity index is 328. The lowest BCUT2D eigenvalue weighted by atomic mass is 10.1. The first kappa shape index (κ1) is 11.6. The highest BCUT2D eigenvalue weighted by atomic mass is 19.1. The molecule has 0 heterocycles. The average Bonchev–Trinajstić information content (AvgIpc) is 2.99. The minimum Gasteiger partial charge on any atom is -0.313 e. The van der Waals surface area contributed by atoms with Gasteiger partial charge >= 0.3 is 0 Å². The van der Waals surface area contributed by atoms with E-state index in [2.05, 4.69) is 10.6 Å². The molecule has 2 N–H and O–H groups in total. The van der Waals surface area contributed by atoms with Crippen LogP contribution >= 0.6 is 0 Å². The second-order valence-electron chi connectivity index (χ2n) is 4.54. The average molecular weight is 222 g/mol. The molecule has 2 nitrogen and oxygen atoms in total. The van der Waals surface area contributed by atoms with Gasteiger partial charge in [0, 0.05) is 25.7 Å². The number of hydrogen-bond donors (Lipinski definition) is 2. The molecule has 0 unspecified atom stereocenters. The van der Waals surface area contributed by atoms with Crippen molar-refractivity contribution >= 4 is 0 Å². The van der Waals surface area contributed by atoms with Gasteiger partial charge in [0.05, 0.1) is 0 Å². The zero-order valence-electron chi connectivity index (χ0n) is 9.72. The van der Waals surface area contributed by atoms with Gasteiger partial charge in [0.25, 0.3) is 0 Å². The van der Waals surface area contributed by atoms with Crippen LogP contribution in [0.15, 0.2) is 18.2 Å². The van der Waals surface area contributed by atoms with Gasteiger partial charge in [0.2, 0.25) is 0 Å². The Hall–Kier alpha value is -0.930. The van der Waals surface area contributed by atoms with E-state index < -0.39 is 0 Å². The van der Waals surface area contributed by atoms with Crippen molar-refractivity contribution in [1.29, 1.82) is 0 Å². The number of rotatable bonds is 6. The zero-order chi connectivity index (χ0) is 11.4. The lowest BCUT2D eigenvalue weighted by molar-refractivity contribution is 0.600. The normalized spacial score (nSPS) is 15.4. The molecule has 3 heteroatoms. The predicted octanol–water partition coefficient (Wildman–Crippen LogP) is 1.98. The van der Waals surface area contributed by atoms with Crippen molar-refractivity contribution in [1.82, 2.24) is 10.6 Å². The van der Waals surface area contributed by atoms with Gasteiger partial charge in [-0.25, -0.2) is 4.39 Å². The molecule has 1 aliphatic carbocycles. The van der Waals surface area contributed by atoms with Crippen LogP contribution < -0.4 is 10.6 Å². The second-order valence-corrected chi connectivity index (χ2v) is 4.54. The van der Waals surface area contributed by atoms with E-state index in [1.165, 1.54) is 12.8 Å². The maximum Gasteiger partial charge on any atom is 0.123 e. The molecule has 1 aromatic carbocycles. The molecule has 88 valence electrons. The van der Waals surface area contributed by atoms with Crippen molar-refractivity contribution in [2.24, 2.45) is 0 Å². The van der Waals surface area contributed by atoms with Gasteiger partial charge in [0.15, 0.2) is 0 Å². The highest BCUT2D eigenvalue weighted by molar-refractivity contribution is 5.23. The molecule has 16 heavy (non-hydrogen) atoms. The van der Waals surface area contributed by atoms with Crippen LogP contribution in [-0.2, 0) is 6.54 Å². The summed E-state index contributed by atoms with van der Waals surface area (Å²) < 4.78 is 13.1. The van der Waals surface area contributed by atoms with E-state index in [-0.39, 0.29) is 5.82 Å². The maximum absolute atomic E-state index is 13.1. The van der Waals surface area contributed by atoms with Crippen molar-refractivity contribution < 1.29 is 4.39 Å². The number of benzene rings is 1. The first-order valence-corrected chi connectivity index (χ1v) is 5.94. The number of aryl methyl sites for hydroxylation is 1. The van der Waals surface area contributed by atoms with E-state index >= 15 is 0 Å². The van der Waals surface area contributed by atoms with Gasteiger partial charge in [-0.1, -0.05) is 6.07 Å². The van der Waals surface area contributed by atoms with Crippen molar-refractivity contribution in [2.75, 3.05) is 13.1 Å². The SMILES string of the molecule is Cc1cc(F)cc(CNCCNC2CC2)c1. The molecule has 0 spiro atoms. The van der Waals surface area contributed by atoms with Crippen LogP contribution in [0.25, 0.3) is 0 Å². The molecule has 1 aromatic rings. The Morgan fingerprint density at radius 2 is 2.06 bits per heavy atom. The molecule has 0 amide bonds. The monoisotopic (exact) mass is 222 g/mol. The fourth-order valence-electron chi connectivity index (χ4n) is 1.80. The van der Waals surface area contributed by atoms with Crippen molar-refractivity contribution in [2.45, 2.75) is 32.4 Å². The number of hydrogen-bond acceptors (Lipinski definition) is 2. The quantitative estimate of drug-likeness (QED) is 0.719. The summed E-state index contributed by atoms with van der Waals surface area (Å²) in [5, 5.41) is 6.74. The van der Waals surface area contributed by atoms with Crippen LogP contribution in [-0.4, -0.2) is 19.1 Å². The lowest BCUT2D eigenvalue weighted by Crippen LogP contribution is -2.28. The topological polar surface area (TPSA) is 24.1 Å². The smallest absolute Gasteiger partial charge is 0.123 e. The third kappa shape index (κ3) is 3.91. The first-order chi connectivity index (χ1) is 7.74. The van der Waals surface area contributed by atoms with Gasteiger partial charge in [-0.3, -0.25) is 0 Å². The summed E-state index contributed by atoms with van der Waals surface area (Å²) in [6, 6.07) is 5.93. The van der Waals surface area contributed by atoms with E-state index in [9.17, 15) is 4.39 Å². The standard InChI is InChI=1S/C13H19FN2/c1-10-6-11(8-12(14)7-10)9-15-4-5-16-13-2-3-13/h6-8,13,15-16H,2-5,9H2,1H3. The first-order valence-electron chi connectivity index (χ1n) is 5.94. The molecule has 0 radical (unpaired) electrons. The Balaban J connectivity index is 1.67. The number of halogens is 1. The summed E-state index contributed by atoms with van der Waals surface area (Å²) in [6.07, 6.45) is 2.65.